The van der Waals surface area contributed by atoms with Gasteiger partial charge in [0.05, 0.1) is 24.8 Å². The third kappa shape index (κ3) is 8.77. The Morgan fingerprint density at radius 1 is 0.830 bits per heavy atom. The predicted octanol–water partition coefficient (Wildman–Crippen LogP) is 6.37. The molecule has 0 fully saturated rings. The van der Waals surface area contributed by atoms with Gasteiger partial charge < -0.3 is 19.7 Å². The highest BCUT2D eigenvalue weighted by molar-refractivity contribution is 7.92. The highest BCUT2D eigenvalue weighted by Crippen LogP contribution is 2.34. The molecule has 0 radical (unpaired) electrons. The van der Waals surface area contributed by atoms with Crippen LogP contribution in [0.5, 0.6) is 11.5 Å². The van der Waals surface area contributed by atoms with E-state index in [0.29, 0.717) is 34.3 Å². The van der Waals surface area contributed by atoms with Crippen LogP contribution >= 0.6 is 23.2 Å². The second-order valence-electron chi connectivity index (χ2n) is 10.6. The molecular weight excluding hydrogens is 661 g/mol. The largest absolute Gasteiger partial charge is 0.493 e. The van der Waals surface area contributed by atoms with Crippen LogP contribution in [-0.4, -0.2) is 58.5 Å². The minimum atomic E-state index is -4.30. The summed E-state index contributed by atoms with van der Waals surface area (Å²) in [6.45, 7) is 1.51. The Bertz CT molecular complexity index is 1750. The molecule has 0 aliphatic rings. The summed E-state index contributed by atoms with van der Waals surface area (Å²) in [5.41, 5.74) is 1.39. The van der Waals surface area contributed by atoms with Crippen LogP contribution in [0.4, 0.5) is 5.69 Å². The molecule has 1 atom stereocenters. The van der Waals surface area contributed by atoms with Crippen molar-refractivity contribution in [2.75, 3.05) is 31.6 Å². The number of methoxy groups -OCH3 is 2. The van der Waals surface area contributed by atoms with Crippen molar-refractivity contribution in [3.63, 3.8) is 0 Å². The number of hydrogen-bond donors (Lipinski definition) is 1. The van der Waals surface area contributed by atoms with E-state index in [-0.39, 0.29) is 29.3 Å². The van der Waals surface area contributed by atoms with E-state index >= 15 is 0 Å². The fraction of sp³-hybridized carbons (Fsp3) is 0.257. The lowest BCUT2D eigenvalue weighted by atomic mass is 10.0. The molecular formula is C35H37Cl2N3O6S. The highest BCUT2D eigenvalue weighted by atomic mass is 35.5. The van der Waals surface area contributed by atoms with Gasteiger partial charge in [0.2, 0.25) is 11.8 Å². The maximum Gasteiger partial charge on any atom is 0.264 e. The van der Waals surface area contributed by atoms with Crippen molar-refractivity contribution in [3.8, 4) is 11.5 Å². The molecule has 1 N–H and O–H groups in total. The topological polar surface area (TPSA) is 105 Å². The molecule has 4 aromatic carbocycles. The van der Waals surface area contributed by atoms with Gasteiger partial charge in [0.25, 0.3) is 10.0 Å². The summed E-state index contributed by atoms with van der Waals surface area (Å²) in [6.07, 6.45) is 0.836. The Balaban J connectivity index is 1.86. The predicted molar refractivity (Wildman–Crippen MR) is 185 cm³/mol. The number of anilines is 1. The highest BCUT2D eigenvalue weighted by Gasteiger charge is 2.35. The molecule has 12 heteroatoms. The maximum absolute atomic E-state index is 14.6. The Morgan fingerprint density at radius 2 is 1.45 bits per heavy atom. The van der Waals surface area contributed by atoms with Gasteiger partial charge in [-0.05, 0) is 48.4 Å². The molecule has 0 unspecified atom stereocenters. The zero-order chi connectivity index (χ0) is 34.0. The minimum absolute atomic E-state index is 0.0233. The van der Waals surface area contributed by atoms with Crippen molar-refractivity contribution in [2.45, 2.75) is 37.2 Å². The van der Waals surface area contributed by atoms with E-state index in [9.17, 15) is 18.0 Å². The molecule has 248 valence electrons. The normalized spacial score (nSPS) is 11.8. The van der Waals surface area contributed by atoms with E-state index in [4.69, 9.17) is 32.7 Å². The number of rotatable bonds is 15. The third-order valence-electron chi connectivity index (χ3n) is 7.48. The van der Waals surface area contributed by atoms with Gasteiger partial charge in [-0.15, -0.1) is 0 Å². The van der Waals surface area contributed by atoms with Gasteiger partial charge in [0, 0.05) is 41.2 Å². The Morgan fingerprint density at radius 3 is 2.04 bits per heavy atom. The minimum Gasteiger partial charge on any atom is -0.493 e. The van der Waals surface area contributed by atoms with Crippen molar-refractivity contribution in [3.05, 3.63) is 118 Å². The smallest absolute Gasteiger partial charge is 0.264 e. The van der Waals surface area contributed by atoms with E-state index in [1.165, 1.54) is 43.4 Å². The van der Waals surface area contributed by atoms with Crippen molar-refractivity contribution in [1.82, 2.24) is 10.2 Å². The molecule has 0 aliphatic carbocycles. The quantitative estimate of drug-likeness (QED) is 0.155. The van der Waals surface area contributed by atoms with Crippen molar-refractivity contribution in [1.29, 1.82) is 0 Å². The van der Waals surface area contributed by atoms with Crippen LogP contribution in [-0.2, 0) is 32.6 Å². The first-order valence-electron chi connectivity index (χ1n) is 14.9. The maximum atomic E-state index is 14.6. The molecule has 0 saturated carbocycles. The number of sulfonamides is 1. The summed E-state index contributed by atoms with van der Waals surface area (Å²) in [4.78, 5) is 29.7. The van der Waals surface area contributed by atoms with Gasteiger partial charge in [-0.2, -0.15) is 0 Å². The van der Waals surface area contributed by atoms with E-state index in [0.717, 1.165) is 9.87 Å². The summed E-state index contributed by atoms with van der Waals surface area (Å²) in [6, 6.07) is 25.6. The van der Waals surface area contributed by atoms with Crippen LogP contribution in [0.1, 0.15) is 24.5 Å². The average molecular weight is 699 g/mol. The lowest BCUT2D eigenvalue weighted by Gasteiger charge is -2.34. The summed E-state index contributed by atoms with van der Waals surface area (Å²) in [5.74, 6) is -0.393. The Hall–Kier alpha value is -4.25. The molecule has 0 aromatic heterocycles. The van der Waals surface area contributed by atoms with E-state index < -0.39 is 34.4 Å². The van der Waals surface area contributed by atoms with Gasteiger partial charge in [0.15, 0.2) is 11.5 Å². The number of nitrogens with one attached hydrogen (secondary N) is 1. The zero-order valence-corrected chi connectivity index (χ0v) is 28.7. The van der Waals surface area contributed by atoms with Crippen LogP contribution in [0.2, 0.25) is 10.0 Å². The van der Waals surface area contributed by atoms with Crippen LogP contribution in [0.15, 0.2) is 102 Å². The zero-order valence-electron chi connectivity index (χ0n) is 26.4. The summed E-state index contributed by atoms with van der Waals surface area (Å²) in [7, 11) is -1.40. The molecule has 47 heavy (non-hydrogen) atoms. The van der Waals surface area contributed by atoms with Crippen LogP contribution in [0, 0.1) is 0 Å². The number of hydrogen-bond acceptors (Lipinski definition) is 6. The second-order valence-corrected chi connectivity index (χ2v) is 13.3. The fourth-order valence-corrected chi connectivity index (χ4v) is 6.95. The van der Waals surface area contributed by atoms with Gasteiger partial charge in [-0.3, -0.25) is 13.9 Å². The van der Waals surface area contributed by atoms with E-state index in [1.807, 2.05) is 37.3 Å². The first-order valence-corrected chi connectivity index (χ1v) is 17.1. The van der Waals surface area contributed by atoms with Crippen LogP contribution < -0.4 is 19.1 Å². The standard InChI is InChI=1S/C35H37Cl2N3O6S/c1-4-20-38-35(42)31(21-25-12-7-5-8-13-25)39(23-28-29(36)16-11-17-30(28)37)34(41)24-40(47(43,44)27-14-9-6-10-15-27)26-18-19-32(45-2)33(22-26)46-3/h5-19,22,31H,4,20-21,23-24H2,1-3H3,(H,38,42)/t31-/m0/s1. The lowest BCUT2D eigenvalue weighted by molar-refractivity contribution is -0.140. The Labute approximate surface area is 286 Å². The fourth-order valence-electron chi connectivity index (χ4n) is 5.00. The van der Waals surface area contributed by atoms with Crippen molar-refractivity contribution < 1.29 is 27.5 Å². The number of halogens is 2. The van der Waals surface area contributed by atoms with E-state index in [2.05, 4.69) is 5.32 Å². The number of carbonyl (C=O) groups excluding carboxylic acids is 2. The summed E-state index contributed by atoms with van der Waals surface area (Å²) >= 11 is 13.1. The number of nitrogens with zero attached hydrogens (tertiary/aromatic N) is 2. The summed E-state index contributed by atoms with van der Waals surface area (Å²) < 4.78 is 40.2. The lowest BCUT2D eigenvalue weighted by Crippen LogP contribution is -2.53. The SMILES string of the molecule is CCCNC(=O)[C@H](Cc1ccccc1)N(Cc1c(Cl)cccc1Cl)C(=O)CN(c1ccc(OC)c(OC)c1)S(=O)(=O)c1ccccc1. The number of amides is 2. The number of carbonyl (C=O) groups is 2. The second kappa shape index (κ2) is 16.5. The van der Waals surface area contributed by atoms with Crippen LogP contribution in [0.3, 0.4) is 0 Å². The molecule has 4 rings (SSSR count). The third-order valence-corrected chi connectivity index (χ3v) is 9.97. The number of benzene rings is 4. The van der Waals surface area contributed by atoms with Gasteiger partial charge in [0.1, 0.15) is 12.6 Å². The molecule has 0 aliphatic heterocycles. The molecule has 0 saturated heterocycles. The van der Waals surface area contributed by atoms with Gasteiger partial charge >= 0.3 is 0 Å². The molecule has 9 nitrogen and oxygen atoms in total. The Kier molecular flexibility index (Phi) is 12.5. The van der Waals surface area contributed by atoms with Crippen molar-refractivity contribution >= 4 is 50.7 Å². The molecule has 2 amide bonds. The molecule has 4 aromatic rings. The molecule has 0 bridgehead atoms. The number of ether oxygens (including phenoxy) is 2. The van der Waals surface area contributed by atoms with E-state index in [1.54, 1.807) is 42.5 Å². The monoisotopic (exact) mass is 697 g/mol. The molecule has 0 spiro atoms. The van der Waals surface area contributed by atoms with Gasteiger partial charge in [-0.1, -0.05) is 84.7 Å². The average Bonchev–Trinajstić information content (AvgIpc) is 3.09. The van der Waals surface area contributed by atoms with Crippen molar-refractivity contribution in [2.24, 2.45) is 0 Å². The summed E-state index contributed by atoms with van der Waals surface area (Å²) in [5, 5.41) is 3.52. The molecule has 0 heterocycles. The van der Waals surface area contributed by atoms with Crippen LogP contribution in [0.25, 0.3) is 0 Å². The first-order chi connectivity index (χ1) is 22.6. The first kappa shape index (κ1) is 35.6. The van der Waals surface area contributed by atoms with Gasteiger partial charge in [-0.25, -0.2) is 8.42 Å².